The molecule has 2 aliphatic carbocycles. The highest BCUT2D eigenvalue weighted by Gasteiger charge is 2.53. The van der Waals surface area contributed by atoms with E-state index in [-0.39, 0.29) is 0 Å². The molecule has 4 rings (SSSR count). The van der Waals surface area contributed by atoms with Gasteiger partial charge in [0, 0.05) is 11.5 Å². The summed E-state index contributed by atoms with van der Waals surface area (Å²) in [5, 5.41) is 0. The summed E-state index contributed by atoms with van der Waals surface area (Å²) in [6, 6.07) is 7.73. The molecule has 3 atom stereocenters. The third kappa shape index (κ3) is 2.11. The second-order valence-electron chi connectivity index (χ2n) is 7.68. The molecule has 3 aliphatic rings. The van der Waals surface area contributed by atoms with Gasteiger partial charge in [-0.05, 0) is 74.9 Å². The van der Waals surface area contributed by atoms with Gasteiger partial charge in [0.2, 0.25) is 0 Å². The highest BCUT2D eigenvalue weighted by molar-refractivity contribution is 5.45. The van der Waals surface area contributed by atoms with E-state index < -0.39 is 0 Å². The second-order valence-corrected chi connectivity index (χ2v) is 7.68. The summed E-state index contributed by atoms with van der Waals surface area (Å²) >= 11 is 0. The van der Waals surface area contributed by atoms with Crippen molar-refractivity contribution in [2.24, 2.45) is 5.92 Å². The zero-order valence-electron chi connectivity index (χ0n) is 14.1. The van der Waals surface area contributed by atoms with E-state index in [0.717, 1.165) is 30.7 Å². The van der Waals surface area contributed by atoms with Crippen molar-refractivity contribution in [2.45, 2.75) is 63.3 Å². The number of rotatable bonds is 3. The molecule has 120 valence electrons. The number of nitrogens with zero attached hydrogens (tertiary/aromatic N) is 1. The van der Waals surface area contributed by atoms with Gasteiger partial charge in [-0.15, -0.1) is 0 Å². The average molecular weight is 299 g/mol. The predicted molar refractivity (Wildman–Crippen MR) is 90.6 cm³/mol. The summed E-state index contributed by atoms with van der Waals surface area (Å²) in [4.78, 5) is 2.64. The molecule has 22 heavy (non-hydrogen) atoms. The Labute approximate surface area is 134 Å². The van der Waals surface area contributed by atoms with Crippen molar-refractivity contribution in [3.8, 4) is 5.75 Å². The van der Waals surface area contributed by atoms with Crippen molar-refractivity contribution >= 4 is 0 Å². The lowest BCUT2D eigenvalue weighted by atomic mass is 9.52. The van der Waals surface area contributed by atoms with Crippen LogP contribution in [0.3, 0.4) is 0 Å². The molecule has 0 N–H and O–H groups in total. The number of hydrogen-bond donors (Lipinski definition) is 0. The summed E-state index contributed by atoms with van der Waals surface area (Å²) in [6.45, 7) is 4.27. The maximum atomic E-state index is 5.95. The van der Waals surface area contributed by atoms with Crippen LogP contribution in [0.4, 0.5) is 0 Å². The molecule has 1 saturated heterocycles. The second kappa shape index (κ2) is 5.56. The molecule has 0 unspecified atom stereocenters. The molecule has 2 fully saturated rings. The molecular formula is C20H29NO. The minimum Gasteiger partial charge on any atom is -0.494 e. The van der Waals surface area contributed by atoms with Crippen LogP contribution in [0.15, 0.2) is 18.2 Å². The van der Waals surface area contributed by atoms with Gasteiger partial charge in [0.05, 0.1) is 6.61 Å². The average Bonchev–Trinajstić information content (AvgIpc) is 2.56. The standard InChI is InChI=1S/C20H29NO/c1-3-12-22-16-8-7-15-13-19-17-6-4-5-9-20(17,18(15)14-16)10-11-21(19)2/h7-8,14,17,19H,3-6,9-13H2,1-2H3/t17-,19-,20-/m0/s1. The van der Waals surface area contributed by atoms with E-state index in [1.165, 1.54) is 45.1 Å². The minimum atomic E-state index is 0.453. The molecule has 2 bridgehead atoms. The quantitative estimate of drug-likeness (QED) is 0.831. The van der Waals surface area contributed by atoms with Gasteiger partial charge in [0.15, 0.2) is 0 Å². The van der Waals surface area contributed by atoms with Crippen LogP contribution in [-0.2, 0) is 11.8 Å². The van der Waals surface area contributed by atoms with Crippen LogP contribution in [0, 0.1) is 5.92 Å². The van der Waals surface area contributed by atoms with Crippen molar-refractivity contribution in [3.05, 3.63) is 29.3 Å². The van der Waals surface area contributed by atoms with Crippen LogP contribution >= 0.6 is 0 Å². The van der Waals surface area contributed by atoms with Crippen molar-refractivity contribution in [1.82, 2.24) is 4.90 Å². The van der Waals surface area contributed by atoms with Crippen LogP contribution in [-0.4, -0.2) is 31.1 Å². The van der Waals surface area contributed by atoms with E-state index in [1.54, 1.807) is 11.1 Å². The first-order valence-electron chi connectivity index (χ1n) is 9.21. The van der Waals surface area contributed by atoms with Crippen LogP contribution in [0.25, 0.3) is 0 Å². The van der Waals surface area contributed by atoms with Crippen molar-refractivity contribution in [2.75, 3.05) is 20.2 Å². The molecule has 1 heterocycles. The van der Waals surface area contributed by atoms with E-state index >= 15 is 0 Å². The fourth-order valence-corrected chi connectivity index (χ4v) is 5.49. The Morgan fingerprint density at radius 3 is 3.05 bits per heavy atom. The topological polar surface area (TPSA) is 12.5 Å². The van der Waals surface area contributed by atoms with Crippen LogP contribution < -0.4 is 4.74 Å². The maximum absolute atomic E-state index is 5.95. The Balaban J connectivity index is 1.77. The van der Waals surface area contributed by atoms with Gasteiger partial charge in [-0.2, -0.15) is 0 Å². The zero-order chi connectivity index (χ0) is 15.2. The monoisotopic (exact) mass is 299 g/mol. The van der Waals surface area contributed by atoms with Gasteiger partial charge < -0.3 is 9.64 Å². The van der Waals surface area contributed by atoms with E-state index in [9.17, 15) is 0 Å². The summed E-state index contributed by atoms with van der Waals surface area (Å²) in [5.41, 5.74) is 3.70. The SMILES string of the molecule is CCCOc1ccc2c(c1)[C@]13CCCC[C@H]1[C@H](C2)N(C)CC3. The van der Waals surface area contributed by atoms with E-state index in [1.807, 2.05) is 0 Å². The summed E-state index contributed by atoms with van der Waals surface area (Å²) in [7, 11) is 2.34. The van der Waals surface area contributed by atoms with Crippen LogP contribution in [0.1, 0.15) is 56.6 Å². The molecule has 2 heteroatoms. The Morgan fingerprint density at radius 1 is 1.27 bits per heavy atom. The van der Waals surface area contributed by atoms with E-state index in [2.05, 4.69) is 37.1 Å². The fourth-order valence-electron chi connectivity index (χ4n) is 5.49. The lowest BCUT2D eigenvalue weighted by molar-refractivity contribution is 0.00271. The largest absolute Gasteiger partial charge is 0.494 e. The number of likely N-dealkylation sites (tertiary alicyclic amines) is 1. The Kier molecular flexibility index (Phi) is 3.68. The normalized spacial score (nSPS) is 33.9. The molecule has 0 amide bonds. The van der Waals surface area contributed by atoms with Gasteiger partial charge in [0.25, 0.3) is 0 Å². The van der Waals surface area contributed by atoms with E-state index in [0.29, 0.717) is 5.41 Å². The maximum Gasteiger partial charge on any atom is 0.119 e. The molecule has 1 aromatic carbocycles. The molecule has 1 aromatic rings. The van der Waals surface area contributed by atoms with Gasteiger partial charge in [-0.3, -0.25) is 0 Å². The highest BCUT2D eigenvalue weighted by atomic mass is 16.5. The number of benzene rings is 1. The number of likely N-dealkylation sites (N-methyl/N-ethyl adjacent to an activating group) is 1. The smallest absolute Gasteiger partial charge is 0.119 e. The summed E-state index contributed by atoms with van der Waals surface area (Å²) in [6.07, 6.45) is 9.32. The van der Waals surface area contributed by atoms with Crippen LogP contribution in [0.2, 0.25) is 0 Å². The minimum absolute atomic E-state index is 0.453. The first-order chi connectivity index (χ1) is 10.7. The van der Waals surface area contributed by atoms with Crippen LogP contribution in [0.5, 0.6) is 5.75 Å². The molecule has 1 saturated carbocycles. The number of fused-ring (bicyclic) bond motifs is 1. The molecule has 1 aliphatic heterocycles. The molecule has 0 aromatic heterocycles. The lowest BCUT2D eigenvalue weighted by Gasteiger charge is -2.58. The fraction of sp³-hybridized carbons (Fsp3) is 0.700. The first kappa shape index (κ1) is 14.6. The molecule has 0 radical (unpaired) electrons. The van der Waals surface area contributed by atoms with Crippen molar-refractivity contribution in [1.29, 1.82) is 0 Å². The number of ether oxygens (including phenoxy) is 1. The molecule has 0 spiro atoms. The first-order valence-corrected chi connectivity index (χ1v) is 9.21. The van der Waals surface area contributed by atoms with Gasteiger partial charge in [-0.1, -0.05) is 25.8 Å². The third-order valence-corrected chi connectivity index (χ3v) is 6.56. The van der Waals surface area contributed by atoms with Gasteiger partial charge in [0.1, 0.15) is 5.75 Å². The Hall–Kier alpha value is -1.02. The zero-order valence-corrected chi connectivity index (χ0v) is 14.1. The predicted octanol–water partition coefficient (Wildman–Crippen LogP) is 4.16. The van der Waals surface area contributed by atoms with Gasteiger partial charge >= 0.3 is 0 Å². The van der Waals surface area contributed by atoms with Crippen molar-refractivity contribution in [3.63, 3.8) is 0 Å². The Bertz CT molecular complexity index is 555. The van der Waals surface area contributed by atoms with Crippen molar-refractivity contribution < 1.29 is 4.74 Å². The Morgan fingerprint density at radius 2 is 2.18 bits per heavy atom. The van der Waals surface area contributed by atoms with Gasteiger partial charge in [-0.25, -0.2) is 0 Å². The molecule has 2 nitrogen and oxygen atoms in total. The third-order valence-electron chi connectivity index (χ3n) is 6.56. The van der Waals surface area contributed by atoms with E-state index in [4.69, 9.17) is 4.74 Å². The summed E-state index contributed by atoms with van der Waals surface area (Å²) in [5.74, 6) is 1.96. The summed E-state index contributed by atoms with van der Waals surface area (Å²) < 4.78 is 5.95. The number of hydrogen-bond acceptors (Lipinski definition) is 2. The lowest BCUT2D eigenvalue weighted by Crippen LogP contribution is -2.59. The molecular weight excluding hydrogens is 270 g/mol. The number of piperidine rings is 1. The highest BCUT2D eigenvalue weighted by Crippen LogP contribution is 2.55.